The number of hydrogen-bond donors (Lipinski definition) is 2. The van der Waals surface area contributed by atoms with Crippen LogP contribution in [0.25, 0.3) is 0 Å². The highest BCUT2D eigenvalue weighted by atomic mass is 32.2. The van der Waals surface area contributed by atoms with E-state index < -0.39 is 0 Å². The van der Waals surface area contributed by atoms with Gasteiger partial charge >= 0.3 is 0 Å². The zero-order valence-electron chi connectivity index (χ0n) is 11.4. The predicted octanol–water partition coefficient (Wildman–Crippen LogP) is 2.55. The fraction of sp³-hybridized carbons (Fsp3) is 0.231. The van der Waals surface area contributed by atoms with E-state index in [4.69, 9.17) is 10.5 Å². The Morgan fingerprint density at radius 2 is 2.25 bits per heavy atom. The molecule has 5 nitrogen and oxygen atoms in total. The van der Waals surface area contributed by atoms with Crippen molar-refractivity contribution in [2.75, 3.05) is 19.9 Å². The van der Waals surface area contributed by atoms with E-state index in [1.807, 2.05) is 19.1 Å². The molecule has 0 saturated carbocycles. The maximum Gasteiger partial charge on any atom is 0.254 e. The standard InChI is InChI=1S/C13H15N3O2S2/c1-7-4-9(18-3)8(12(17)15-2)5-10(7)19-11-6-16-13(14)20-11/h4-6H,1-3H3,(H2,14,16)(H,15,17). The first kappa shape index (κ1) is 14.7. The third-order valence-electron chi connectivity index (χ3n) is 2.68. The van der Waals surface area contributed by atoms with Crippen LogP contribution < -0.4 is 15.8 Å². The average molecular weight is 309 g/mol. The molecule has 0 atom stereocenters. The Morgan fingerprint density at radius 1 is 1.50 bits per heavy atom. The van der Waals surface area contributed by atoms with Crippen molar-refractivity contribution >= 4 is 34.1 Å². The van der Waals surface area contributed by atoms with Gasteiger partial charge < -0.3 is 15.8 Å². The minimum absolute atomic E-state index is 0.174. The summed E-state index contributed by atoms with van der Waals surface area (Å²) < 4.78 is 6.24. The number of amides is 1. The van der Waals surface area contributed by atoms with Crippen LogP contribution in [0.5, 0.6) is 5.75 Å². The van der Waals surface area contributed by atoms with Crippen LogP contribution >= 0.6 is 23.1 Å². The number of carbonyl (C=O) groups excluding carboxylic acids is 1. The van der Waals surface area contributed by atoms with Gasteiger partial charge in [-0.25, -0.2) is 4.98 Å². The van der Waals surface area contributed by atoms with Crippen LogP contribution in [0.1, 0.15) is 15.9 Å². The number of aryl methyl sites for hydroxylation is 1. The van der Waals surface area contributed by atoms with Crippen LogP contribution in [0.4, 0.5) is 5.13 Å². The van der Waals surface area contributed by atoms with Gasteiger partial charge in [0, 0.05) is 11.9 Å². The molecule has 0 radical (unpaired) electrons. The third-order valence-corrected chi connectivity index (χ3v) is 4.77. The van der Waals surface area contributed by atoms with Crippen molar-refractivity contribution in [3.8, 4) is 5.75 Å². The van der Waals surface area contributed by atoms with Gasteiger partial charge in [0.05, 0.1) is 23.1 Å². The van der Waals surface area contributed by atoms with Gasteiger partial charge in [-0.15, -0.1) is 0 Å². The lowest BCUT2D eigenvalue weighted by molar-refractivity contribution is 0.0960. The molecule has 0 spiro atoms. The Bertz CT molecular complexity index is 641. The SMILES string of the molecule is CNC(=O)c1cc(Sc2cnc(N)s2)c(C)cc1OC. The normalized spacial score (nSPS) is 10.3. The summed E-state index contributed by atoms with van der Waals surface area (Å²) in [5.41, 5.74) is 7.17. The highest BCUT2D eigenvalue weighted by Gasteiger charge is 2.15. The molecule has 106 valence electrons. The lowest BCUT2D eigenvalue weighted by Gasteiger charge is -2.12. The third kappa shape index (κ3) is 3.05. The van der Waals surface area contributed by atoms with E-state index in [2.05, 4.69) is 10.3 Å². The van der Waals surface area contributed by atoms with Crippen LogP contribution in [-0.4, -0.2) is 25.0 Å². The van der Waals surface area contributed by atoms with Crippen molar-refractivity contribution in [1.82, 2.24) is 10.3 Å². The summed E-state index contributed by atoms with van der Waals surface area (Å²) in [5.74, 6) is 0.391. The molecule has 1 heterocycles. The van der Waals surface area contributed by atoms with Crippen LogP contribution in [0.15, 0.2) is 27.4 Å². The summed E-state index contributed by atoms with van der Waals surface area (Å²) in [5, 5.41) is 3.15. The number of nitrogens with zero attached hydrogens (tertiary/aromatic N) is 1. The molecule has 0 bridgehead atoms. The maximum absolute atomic E-state index is 11.9. The molecule has 1 aromatic heterocycles. The van der Waals surface area contributed by atoms with E-state index in [1.54, 1.807) is 20.4 Å². The van der Waals surface area contributed by atoms with E-state index in [9.17, 15) is 4.79 Å². The fourth-order valence-electron chi connectivity index (χ4n) is 1.68. The number of nitrogens with two attached hydrogens (primary N) is 1. The van der Waals surface area contributed by atoms with Gasteiger partial charge in [0.2, 0.25) is 0 Å². The van der Waals surface area contributed by atoms with Crippen molar-refractivity contribution < 1.29 is 9.53 Å². The molecule has 0 aliphatic rings. The lowest BCUT2D eigenvalue weighted by atomic mass is 10.1. The van der Waals surface area contributed by atoms with Gasteiger partial charge in [0.25, 0.3) is 5.91 Å². The van der Waals surface area contributed by atoms with E-state index in [0.29, 0.717) is 16.4 Å². The summed E-state index contributed by atoms with van der Waals surface area (Å²) in [7, 11) is 3.15. The second-order valence-electron chi connectivity index (χ2n) is 4.02. The molecule has 0 aliphatic heterocycles. The van der Waals surface area contributed by atoms with Crippen LogP contribution in [0, 0.1) is 6.92 Å². The quantitative estimate of drug-likeness (QED) is 0.907. The monoisotopic (exact) mass is 309 g/mol. The first-order valence-electron chi connectivity index (χ1n) is 5.85. The number of rotatable bonds is 4. The maximum atomic E-state index is 11.9. The van der Waals surface area contributed by atoms with Crippen LogP contribution in [-0.2, 0) is 0 Å². The van der Waals surface area contributed by atoms with Crippen molar-refractivity contribution in [2.45, 2.75) is 16.0 Å². The number of nitrogen functional groups attached to an aromatic ring is 1. The van der Waals surface area contributed by atoms with Crippen molar-refractivity contribution in [1.29, 1.82) is 0 Å². The first-order valence-corrected chi connectivity index (χ1v) is 7.48. The molecular formula is C13H15N3O2S2. The number of nitrogens with one attached hydrogen (secondary N) is 1. The number of anilines is 1. The minimum atomic E-state index is -0.174. The molecule has 7 heteroatoms. The number of aromatic nitrogens is 1. The summed E-state index contributed by atoms with van der Waals surface area (Å²) in [6.07, 6.45) is 1.73. The topological polar surface area (TPSA) is 77.2 Å². The summed E-state index contributed by atoms with van der Waals surface area (Å²) in [4.78, 5) is 16.9. The van der Waals surface area contributed by atoms with E-state index in [-0.39, 0.29) is 5.91 Å². The average Bonchev–Trinajstić information content (AvgIpc) is 2.85. The summed E-state index contributed by atoms with van der Waals surface area (Å²) >= 11 is 2.96. The molecule has 0 fully saturated rings. The van der Waals surface area contributed by atoms with Gasteiger partial charge in [-0.1, -0.05) is 23.1 Å². The minimum Gasteiger partial charge on any atom is -0.496 e. The van der Waals surface area contributed by atoms with E-state index in [1.165, 1.54) is 23.1 Å². The zero-order valence-corrected chi connectivity index (χ0v) is 13.0. The first-order chi connectivity index (χ1) is 9.55. The molecule has 0 saturated heterocycles. The zero-order chi connectivity index (χ0) is 14.7. The van der Waals surface area contributed by atoms with Gasteiger partial charge in [-0.05, 0) is 24.6 Å². The molecule has 0 aliphatic carbocycles. The van der Waals surface area contributed by atoms with E-state index in [0.717, 1.165) is 14.7 Å². The fourth-order valence-corrected chi connectivity index (χ4v) is 3.51. The molecular weight excluding hydrogens is 294 g/mol. The molecule has 2 aromatic rings. The molecule has 20 heavy (non-hydrogen) atoms. The van der Waals surface area contributed by atoms with Crippen LogP contribution in [0.2, 0.25) is 0 Å². The number of thiazole rings is 1. The van der Waals surface area contributed by atoms with Gasteiger partial charge in [0.1, 0.15) is 5.75 Å². The second kappa shape index (κ2) is 6.15. The number of methoxy groups -OCH3 is 1. The summed E-state index contributed by atoms with van der Waals surface area (Å²) in [6, 6.07) is 3.69. The Hall–Kier alpha value is -1.73. The Morgan fingerprint density at radius 3 is 2.80 bits per heavy atom. The summed E-state index contributed by atoms with van der Waals surface area (Å²) in [6.45, 7) is 1.98. The predicted molar refractivity (Wildman–Crippen MR) is 81.8 cm³/mol. The Labute approximate surface area is 125 Å². The van der Waals surface area contributed by atoms with Crippen molar-refractivity contribution in [3.05, 3.63) is 29.5 Å². The number of hydrogen-bond acceptors (Lipinski definition) is 6. The van der Waals surface area contributed by atoms with E-state index >= 15 is 0 Å². The largest absolute Gasteiger partial charge is 0.496 e. The van der Waals surface area contributed by atoms with Crippen molar-refractivity contribution in [3.63, 3.8) is 0 Å². The molecule has 1 amide bonds. The van der Waals surface area contributed by atoms with Crippen molar-refractivity contribution in [2.24, 2.45) is 0 Å². The Balaban J connectivity index is 2.40. The van der Waals surface area contributed by atoms with Crippen LogP contribution in [0.3, 0.4) is 0 Å². The van der Waals surface area contributed by atoms with Gasteiger partial charge in [0.15, 0.2) is 5.13 Å². The number of benzene rings is 1. The Kier molecular flexibility index (Phi) is 4.51. The highest BCUT2D eigenvalue weighted by molar-refractivity contribution is 8.01. The highest BCUT2D eigenvalue weighted by Crippen LogP contribution is 2.37. The molecule has 0 unspecified atom stereocenters. The smallest absolute Gasteiger partial charge is 0.254 e. The number of ether oxygens (including phenoxy) is 1. The van der Waals surface area contributed by atoms with Gasteiger partial charge in [-0.2, -0.15) is 0 Å². The second-order valence-corrected chi connectivity index (χ2v) is 6.42. The number of carbonyl (C=O) groups is 1. The van der Waals surface area contributed by atoms with Gasteiger partial charge in [-0.3, -0.25) is 4.79 Å². The molecule has 1 aromatic carbocycles. The lowest BCUT2D eigenvalue weighted by Crippen LogP contribution is -2.18. The molecule has 3 N–H and O–H groups in total. The molecule has 2 rings (SSSR count).